The standard InChI is InChI=1S/C20H21N3O2/c1-14(15-7-3-2-4-8-15)13-21-19(24)12-11-18-22-17-10-6-5-9-16(17)20(25)23-18/h2-10,14H,11-13H2,1H3,(H,21,24)(H,22,23,25)/t14-/m0/s1. The Kier molecular flexibility index (Phi) is 5.23. The van der Waals surface area contributed by atoms with Gasteiger partial charge in [0.1, 0.15) is 5.82 Å². The second-order valence-corrected chi connectivity index (χ2v) is 6.15. The minimum atomic E-state index is -0.168. The number of carbonyl (C=O) groups is 1. The van der Waals surface area contributed by atoms with E-state index in [1.807, 2.05) is 24.3 Å². The van der Waals surface area contributed by atoms with Crippen molar-refractivity contribution in [2.24, 2.45) is 0 Å². The molecule has 3 rings (SSSR count). The van der Waals surface area contributed by atoms with Gasteiger partial charge in [0.25, 0.3) is 5.56 Å². The van der Waals surface area contributed by atoms with E-state index in [-0.39, 0.29) is 17.4 Å². The molecule has 5 nitrogen and oxygen atoms in total. The Labute approximate surface area is 146 Å². The van der Waals surface area contributed by atoms with Crippen molar-refractivity contribution < 1.29 is 4.79 Å². The summed E-state index contributed by atoms with van der Waals surface area (Å²) < 4.78 is 0. The monoisotopic (exact) mass is 335 g/mol. The number of nitrogens with zero attached hydrogens (tertiary/aromatic N) is 1. The van der Waals surface area contributed by atoms with Crippen molar-refractivity contribution in [3.8, 4) is 0 Å². The van der Waals surface area contributed by atoms with E-state index in [0.29, 0.717) is 36.1 Å². The van der Waals surface area contributed by atoms with Crippen LogP contribution in [0.3, 0.4) is 0 Å². The summed E-state index contributed by atoms with van der Waals surface area (Å²) in [5.41, 5.74) is 1.68. The van der Waals surface area contributed by atoms with Crippen molar-refractivity contribution in [2.75, 3.05) is 6.54 Å². The van der Waals surface area contributed by atoms with Gasteiger partial charge in [0, 0.05) is 19.4 Å². The molecule has 5 heteroatoms. The van der Waals surface area contributed by atoms with Crippen LogP contribution in [0.5, 0.6) is 0 Å². The molecular formula is C20H21N3O2. The number of aryl methyl sites for hydroxylation is 1. The Morgan fingerprint density at radius 3 is 2.64 bits per heavy atom. The number of hydrogen-bond donors (Lipinski definition) is 2. The van der Waals surface area contributed by atoms with Gasteiger partial charge >= 0.3 is 0 Å². The molecule has 25 heavy (non-hydrogen) atoms. The molecule has 2 N–H and O–H groups in total. The second kappa shape index (κ2) is 7.75. The van der Waals surface area contributed by atoms with E-state index >= 15 is 0 Å². The highest BCUT2D eigenvalue weighted by molar-refractivity contribution is 5.78. The topological polar surface area (TPSA) is 74.8 Å². The van der Waals surface area contributed by atoms with Crippen molar-refractivity contribution in [1.82, 2.24) is 15.3 Å². The lowest BCUT2D eigenvalue weighted by Crippen LogP contribution is -2.28. The highest BCUT2D eigenvalue weighted by Crippen LogP contribution is 2.13. The van der Waals surface area contributed by atoms with Crippen molar-refractivity contribution in [3.05, 3.63) is 76.3 Å². The Bertz CT molecular complexity index is 919. The molecule has 0 bridgehead atoms. The van der Waals surface area contributed by atoms with Gasteiger partial charge in [-0.2, -0.15) is 0 Å². The molecule has 128 valence electrons. The minimum absolute atomic E-state index is 0.0430. The van der Waals surface area contributed by atoms with Gasteiger partial charge in [-0.05, 0) is 23.6 Å². The molecular weight excluding hydrogens is 314 g/mol. The van der Waals surface area contributed by atoms with Crippen molar-refractivity contribution >= 4 is 16.8 Å². The third kappa shape index (κ3) is 4.32. The van der Waals surface area contributed by atoms with Crippen LogP contribution in [-0.2, 0) is 11.2 Å². The maximum Gasteiger partial charge on any atom is 0.258 e. The molecule has 0 aliphatic rings. The first kappa shape index (κ1) is 16.9. The van der Waals surface area contributed by atoms with Crippen LogP contribution in [0.15, 0.2) is 59.4 Å². The average Bonchev–Trinajstić information content (AvgIpc) is 2.65. The van der Waals surface area contributed by atoms with E-state index < -0.39 is 0 Å². The van der Waals surface area contributed by atoms with Gasteiger partial charge in [0.15, 0.2) is 0 Å². The van der Waals surface area contributed by atoms with Gasteiger partial charge in [-0.25, -0.2) is 4.98 Å². The van der Waals surface area contributed by atoms with Gasteiger partial charge < -0.3 is 10.3 Å². The summed E-state index contributed by atoms with van der Waals surface area (Å²) in [6.45, 7) is 2.67. The number of nitrogens with one attached hydrogen (secondary N) is 2. The maximum atomic E-state index is 12.1. The number of amides is 1. The number of benzene rings is 2. The van der Waals surface area contributed by atoms with Crippen LogP contribution in [0.2, 0.25) is 0 Å². The number of hydrogen-bond acceptors (Lipinski definition) is 3. The van der Waals surface area contributed by atoms with Gasteiger partial charge in [-0.3, -0.25) is 9.59 Å². The lowest BCUT2D eigenvalue weighted by atomic mass is 10.0. The molecule has 0 saturated heterocycles. The highest BCUT2D eigenvalue weighted by Gasteiger charge is 2.09. The molecule has 3 aromatic rings. The summed E-state index contributed by atoms with van der Waals surface area (Å²) in [4.78, 5) is 31.3. The molecule has 0 unspecified atom stereocenters. The number of aromatic nitrogens is 2. The van der Waals surface area contributed by atoms with E-state index in [0.717, 1.165) is 0 Å². The first-order valence-electron chi connectivity index (χ1n) is 8.43. The minimum Gasteiger partial charge on any atom is -0.355 e. The van der Waals surface area contributed by atoms with E-state index in [2.05, 4.69) is 34.3 Å². The second-order valence-electron chi connectivity index (χ2n) is 6.15. The number of fused-ring (bicyclic) bond motifs is 1. The Balaban J connectivity index is 1.55. The fraction of sp³-hybridized carbons (Fsp3) is 0.250. The largest absolute Gasteiger partial charge is 0.355 e. The summed E-state index contributed by atoms with van der Waals surface area (Å²) in [6.07, 6.45) is 0.703. The molecule has 1 amide bonds. The van der Waals surface area contributed by atoms with Crippen LogP contribution in [0.25, 0.3) is 10.9 Å². The molecule has 0 fully saturated rings. The lowest BCUT2D eigenvalue weighted by Gasteiger charge is -2.13. The molecule has 0 aliphatic heterocycles. The van der Waals surface area contributed by atoms with Crippen LogP contribution < -0.4 is 10.9 Å². The quantitative estimate of drug-likeness (QED) is 0.727. The zero-order valence-electron chi connectivity index (χ0n) is 14.2. The lowest BCUT2D eigenvalue weighted by molar-refractivity contribution is -0.121. The van der Waals surface area contributed by atoms with Gasteiger partial charge in [-0.1, -0.05) is 49.4 Å². The normalized spacial score (nSPS) is 12.0. The molecule has 1 atom stereocenters. The van der Waals surface area contributed by atoms with Crippen LogP contribution in [0.1, 0.15) is 30.7 Å². The zero-order valence-corrected chi connectivity index (χ0v) is 14.2. The fourth-order valence-corrected chi connectivity index (χ4v) is 2.74. The molecule has 1 aromatic heterocycles. The van der Waals surface area contributed by atoms with Gasteiger partial charge in [0.2, 0.25) is 5.91 Å². The van der Waals surface area contributed by atoms with Crippen molar-refractivity contribution in [3.63, 3.8) is 0 Å². The Morgan fingerprint density at radius 1 is 1.12 bits per heavy atom. The Morgan fingerprint density at radius 2 is 1.84 bits per heavy atom. The summed E-state index contributed by atoms with van der Waals surface area (Å²) in [7, 11) is 0. The van der Waals surface area contributed by atoms with Gasteiger partial charge in [0.05, 0.1) is 10.9 Å². The first-order valence-corrected chi connectivity index (χ1v) is 8.43. The first-order chi connectivity index (χ1) is 12.1. The number of rotatable bonds is 6. The van der Waals surface area contributed by atoms with Gasteiger partial charge in [-0.15, -0.1) is 0 Å². The molecule has 2 aromatic carbocycles. The summed E-state index contributed by atoms with van der Waals surface area (Å²) in [5, 5.41) is 3.51. The number of carbonyl (C=O) groups excluding carboxylic acids is 1. The smallest absolute Gasteiger partial charge is 0.258 e. The van der Waals surface area contributed by atoms with Crippen LogP contribution in [-0.4, -0.2) is 22.4 Å². The van der Waals surface area contributed by atoms with Crippen molar-refractivity contribution in [1.29, 1.82) is 0 Å². The van der Waals surface area contributed by atoms with Crippen LogP contribution in [0, 0.1) is 0 Å². The number of aromatic amines is 1. The van der Waals surface area contributed by atoms with E-state index in [1.165, 1.54) is 5.56 Å². The highest BCUT2D eigenvalue weighted by atomic mass is 16.1. The Hall–Kier alpha value is -2.95. The fourth-order valence-electron chi connectivity index (χ4n) is 2.74. The maximum absolute atomic E-state index is 12.1. The van der Waals surface area contributed by atoms with Crippen LogP contribution >= 0.6 is 0 Å². The molecule has 1 heterocycles. The summed E-state index contributed by atoms with van der Waals surface area (Å²) in [5.74, 6) is 0.747. The average molecular weight is 335 g/mol. The number of para-hydroxylation sites is 1. The molecule has 0 spiro atoms. The predicted octanol–water partition coefficient (Wildman–Crippen LogP) is 2.78. The third-order valence-corrected chi connectivity index (χ3v) is 4.22. The summed E-state index contributed by atoms with van der Waals surface area (Å²) >= 11 is 0. The van der Waals surface area contributed by atoms with E-state index in [1.54, 1.807) is 18.2 Å². The molecule has 0 saturated carbocycles. The third-order valence-electron chi connectivity index (χ3n) is 4.22. The van der Waals surface area contributed by atoms with E-state index in [4.69, 9.17) is 0 Å². The predicted molar refractivity (Wildman–Crippen MR) is 98.6 cm³/mol. The summed E-state index contributed by atoms with van der Waals surface area (Å²) in [6, 6.07) is 17.3. The molecule has 0 aliphatic carbocycles. The van der Waals surface area contributed by atoms with Crippen molar-refractivity contribution in [2.45, 2.75) is 25.7 Å². The SMILES string of the molecule is C[C@@H](CNC(=O)CCc1nc2ccccc2c(=O)[nH]1)c1ccccc1. The van der Waals surface area contributed by atoms with E-state index in [9.17, 15) is 9.59 Å². The number of H-pyrrole nitrogens is 1. The zero-order chi connectivity index (χ0) is 17.6. The molecule has 0 radical (unpaired) electrons. The van der Waals surface area contributed by atoms with Crippen LogP contribution in [0.4, 0.5) is 0 Å².